The Hall–Kier alpha value is -2.85. The van der Waals surface area contributed by atoms with Gasteiger partial charge in [-0.3, -0.25) is 4.79 Å². The van der Waals surface area contributed by atoms with E-state index in [-0.39, 0.29) is 17.9 Å². The average molecular weight is 349 g/mol. The van der Waals surface area contributed by atoms with E-state index in [0.717, 1.165) is 5.56 Å². The summed E-state index contributed by atoms with van der Waals surface area (Å²) in [7, 11) is 0. The molecule has 2 N–H and O–H groups in total. The molecule has 0 fully saturated rings. The molecule has 1 amide bonds. The second-order valence-electron chi connectivity index (χ2n) is 7.28. The van der Waals surface area contributed by atoms with Gasteiger partial charge in [-0.25, -0.2) is 0 Å². The second kappa shape index (κ2) is 7.18. The van der Waals surface area contributed by atoms with Crippen molar-refractivity contribution in [1.29, 1.82) is 0 Å². The number of hydrogen-bond acceptors (Lipinski definition) is 3. The molecule has 0 spiro atoms. The molecule has 1 heterocycles. The van der Waals surface area contributed by atoms with Crippen molar-refractivity contribution in [2.24, 2.45) is 0 Å². The Balaban J connectivity index is 1.69. The monoisotopic (exact) mass is 349 g/mol. The maximum atomic E-state index is 12.4. The molecule has 1 aromatic heterocycles. The summed E-state index contributed by atoms with van der Waals surface area (Å²) < 4.78 is 5.51. The molecular weight excluding hydrogens is 326 g/mol. The standard InChI is InChI=1S/C22H23NO3/c1-22(2,3)17-8-4-16(5-9-17)21(25)23-18-10-6-15(7-11-18)20-13-12-19(14-24)26-20/h4-13,24H,14H2,1-3H3,(H,23,25). The van der Waals surface area contributed by atoms with E-state index in [4.69, 9.17) is 9.52 Å². The smallest absolute Gasteiger partial charge is 0.255 e. The highest BCUT2D eigenvalue weighted by atomic mass is 16.4. The summed E-state index contributed by atoms with van der Waals surface area (Å²) in [6.07, 6.45) is 0. The second-order valence-corrected chi connectivity index (χ2v) is 7.28. The van der Waals surface area contributed by atoms with E-state index in [1.54, 1.807) is 6.07 Å². The van der Waals surface area contributed by atoms with Crippen LogP contribution >= 0.6 is 0 Å². The van der Waals surface area contributed by atoms with Crippen LogP contribution in [0.1, 0.15) is 42.5 Å². The lowest BCUT2D eigenvalue weighted by atomic mass is 9.87. The van der Waals surface area contributed by atoms with Crippen molar-refractivity contribution < 1.29 is 14.3 Å². The van der Waals surface area contributed by atoms with Gasteiger partial charge in [0.15, 0.2) is 0 Å². The van der Waals surface area contributed by atoms with Gasteiger partial charge < -0.3 is 14.8 Å². The van der Waals surface area contributed by atoms with Crippen LogP contribution in [-0.4, -0.2) is 11.0 Å². The Morgan fingerprint density at radius 3 is 2.15 bits per heavy atom. The van der Waals surface area contributed by atoms with Gasteiger partial charge >= 0.3 is 0 Å². The Morgan fingerprint density at radius 2 is 1.62 bits per heavy atom. The Bertz CT molecular complexity index is 884. The zero-order valence-corrected chi connectivity index (χ0v) is 15.2. The van der Waals surface area contributed by atoms with Crippen LogP contribution in [0.25, 0.3) is 11.3 Å². The minimum Gasteiger partial charge on any atom is -0.459 e. The number of carbonyl (C=O) groups is 1. The highest BCUT2D eigenvalue weighted by molar-refractivity contribution is 6.04. The molecule has 3 rings (SSSR count). The van der Waals surface area contributed by atoms with Crippen molar-refractivity contribution in [3.63, 3.8) is 0 Å². The van der Waals surface area contributed by atoms with Crippen LogP contribution < -0.4 is 5.32 Å². The zero-order chi connectivity index (χ0) is 18.7. The molecule has 4 heteroatoms. The van der Waals surface area contributed by atoms with Gasteiger partial charge in [0.05, 0.1) is 0 Å². The zero-order valence-electron chi connectivity index (χ0n) is 15.2. The molecule has 26 heavy (non-hydrogen) atoms. The lowest BCUT2D eigenvalue weighted by Crippen LogP contribution is -2.14. The van der Waals surface area contributed by atoms with Crippen LogP contribution in [0.2, 0.25) is 0 Å². The van der Waals surface area contributed by atoms with Crippen molar-refractivity contribution in [2.45, 2.75) is 32.8 Å². The first-order chi connectivity index (χ1) is 12.4. The van der Waals surface area contributed by atoms with Crippen molar-refractivity contribution >= 4 is 11.6 Å². The summed E-state index contributed by atoms with van der Waals surface area (Å²) in [6.45, 7) is 6.31. The number of amides is 1. The summed E-state index contributed by atoms with van der Waals surface area (Å²) in [6, 6.07) is 18.7. The van der Waals surface area contributed by atoms with Crippen LogP contribution in [-0.2, 0) is 12.0 Å². The number of hydrogen-bond donors (Lipinski definition) is 2. The Kier molecular flexibility index (Phi) is 4.96. The van der Waals surface area contributed by atoms with Gasteiger partial charge in [-0.1, -0.05) is 32.9 Å². The summed E-state index contributed by atoms with van der Waals surface area (Å²) in [5.41, 5.74) is 3.48. The maximum absolute atomic E-state index is 12.4. The normalized spacial score (nSPS) is 11.4. The van der Waals surface area contributed by atoms with E-state index in [1.807, 2.05) is 54.6 Å². The lowest BCUT2D eigenvalue weighted by molar-refractivity contribution is 0.102. The fourth-order valence-corrected chi connectivity index (χ4v) is 2.66. The maximum Gasteiger partial charge on any atom is 0.255 e. The average Bonchev–Trinajstić information content (AvgIpc) is 3.11. The molecule has 3 aromatic rings. The van der Waals surface area contributed by atoms with Crippen molar-refractivity contribution in [3.8, 4) is 11.3 Å². The molecule has 4 nitrogen and oxygen atoms in total. The van der Waals surface area contributed by atoms with Gasteiger partial charge in [0, 0.05) is 16.8 Å². The summed E-state index contributed by atoms with van der Waals surface area (Å²) >= 11 is 0. The quantitative estimate of drug-likeness (QED) is 0.697. The van der Waals surface area contributed by atoms with Gasteiger partial charge in [-0.15, -0.1) is 0 Å². The summed E-state index contributed by atoms with van der Waals surface area (Å²) in [5.74, 6) is 1.07. The van der Waals surface area contributed by atoms with Crippen molar-refractivity contribution in [3.05, 3.63) is 77.6 Å². The molecule has 0 aliphatic carbocycles. The number of anilines is 1. The van der Waals surface area contributed by atoms with E-state index in [0.29, 0.717) is 22.8 Å². The summed E-state index contributed by atoms with van der Waals surface area (Å²) in [5, 5.41) is 12.0. The molecule has 2 aromatic carbocycles. The van der Waals surface area contributed by atoms with E-state index in [1.165, 1.54) is 5.56 Å². The predicted octanol–water partition coefficient (Wildman–Crippen LogP) is 4.99. The molecule has 134 valence electrons. The molecule has 0 radical (unpaired) electrons. The lowest BCUT2D eigenvalue weighted by Gasteiger charge is -2.19. The first kappa shape index (κ1) is 18.0. The molecule has 0 unspecified atom stereocenters. The molecular formula is C22H23NO3. The molecule has 0 atom stereocenters. The topological polar surface area (TPSA) is 62.5 Å². The molecule has 0 aliphatic heterocycles. The molecule has 0 bridgehead atoms. The first-order valence-electron chi connectivity index (χ1n) is 8.59. The number of furan rings is 1. The van der Waals surface area contributed by atoms with Crippen LogP contribution in [0, 0.1) is 0 Å². The number of aliphatic hydroxyl groups excluding tert-OH is 1. The Morgan fingerprint density at radius 1 is 0.962 bits per heavy atom. The fourth-order valence-electron chi connectivity index (χ4n) is 2.66. The van der Waals surface area contributed by atoms with Gasteiger partial charge in [0.2, 0.25) is 0 Å². The van der Waals surface area contributed by atoms with Gasteiger partial charge in [-0.2, -0.15) is 0 Å². The molecule has 0 aliphatic rings. The number of rotatable bonds is 4. The number of nitrogens with one attached hydrogen (secondary N) is 1. The van der Waals surface area contributed by atoms with E-state index < -0.39 is 0 Å². The SMILES string of the molecule is CC(C)(C)c1ccc(C(=O)Nc2ccc(-c3ccc(CO)o3)cc2)cc1. The van der Waals surface area contributed by atoms with Crippen LogP contribution in [0.4, 0.5) is 5.69 Å². The highest BCUT2D eigenvalue weighted by Gasteiger charge is 2.14. The number of carbonyl (C=O) groups excluding carboxylic acids is 1. The van der Waals surface area contributed by atoms with Crippen LogP contribution in [0.3, 0.4) is 0 Å². The van der Waals surface area contributed by atoms with Crippen molar-refractivity contribution in [1.82, 2.24) is 0 Å². The minimum absolute atomic E-state index is 0.0621. The van der Waals surface area contributed by atoms with Crippen LogP contribution in [0.5, 0.6) is 0 Å². The third-order valence-electron chi connectivity index (χ3n) is 4.26. The predicted molar refractivity (Wildman–Crippen MR) is 103 cm³/mol. The highest BCUT2D eigenvalue weighted by Crippen LogP contribution is 2.25. The molecule has 0 saturated carbocycles. The third-order valence-corrected chi connectivity index (χ3v) is 4.26. The van der Waals surface area contributed by atoms with E-state index in [2.05, 4.69) is 26.1 Å². The third kappa shape index (κ3) is 4.03. The van der Waals surface area contributed by atoms with Gasteiger partial charge in [0.1, 0.15) is 18.1 Å². The number of benzene rings is 2. The van der Waals surface area contributed by atoms with Crippen LogP contribution in [0.15, 0.2) is 65.1 Å². The fraction of sp³-hybridized carbons (Fsp3) is 0.227. The Labute approximate surface area is 153 Å². The van der Waals surface area contributed by atoms with Gasteiger partial charge in [0.25, 0.3) is 5.91 Å². The number of aliphatic hydroxyl groups is 1. The molecule has 0 saturated heterocycles. The van der Waals surface area contributed by atoms with E-state index in [9.17, 15) is 4.79 Å². The van der Waals surface area contributed by atoms with E-state index >= 15 is 0 Å². The van der Waals surface area contributed by atoms with Gasteiger partial charge in [-0.05, 0) is 59.5 Å². The minimum atomic E-state index is -0.140. The largest absolute Gasteiger partial charge is 0.459 e. The summed E-state index contributed by atoms with van der Waals surface area (Å²) in [4.78, 5) is 12.4. The van der Waals surface area contributed by atoms with Crippen molar-refractivity contribution in [2.75, 3.05) is 5.32 Å². The first-order valence-corrected chi connectivity index (χ1v) is 8.59.